The van der Waals surface area contributed by atoms with Crippen LogP contribution in [0.1, 0.15) is 53.4 Å². The van der Waals surface area contributed by atoms with Gasteiger partial charge in [-0.3, -0.25) is 9.59 Å². The number of carbonyl (C=O) groups excluding carboxylic acids is 2. The van der Waals surface area contributed by atoms with Crippen molar-refractivity contribution < 1.29 is 18.7 Å². The van der Waals surface area contributed by atoms with Crippen molar-refractivity contribution in [3.8, 4) is 0 Å². The molecule has 0 radical (unpaired) electrons. The first kappa shape index (κ1) is 19.8. The summed E-state index contributed by atoms with van der Waals surface area (Å²) in [6, 6.07) is 11.2. The minimum atomic E-state index is -0.491. The normalized spacial score (nSPS) is 11.3. The minimum absolute atomic E-state index is 0.134. The van der Waals surface area contributed by atoms with Gasteiger partial charge in [0, 0.05) is 0 Å². The molecule has 138 valence electrons. The molecule has 0 amide bonds. The summed E-state index contributed by atoms with van der Waals surface area (Å²) < 4.78 is 19.6. The van der Waals surface area contributed by atoms with Gasteiger partial charge in [0.2, 0.25) is 0 Å². The summed E-state index contributed by atoms with van der Waals surface area (Å²) in [6.45, 7) is 7.25. The number of benzene rings is 2. The zero-order valence-corrected chi connectivity index (χ0v) is 15.8. The van der Waals surface area contributed by atoms with Gasteiger partial charge in [-0.05, 0) is 62.8 Å². The minimum Gasteiger partial charge on any atom is -0.460 e. The topological polar surface area (TPSA) is 43.4 Å². The quantitative estimate of drug-likeness (QED) is 0.560. The van der Waals surface area contributed by atoms with Crippen molar-refractivity contribution in [2.75, 3.05) is 0 Å². The Morgan fingerprint density at radius 1 is 1.04 bits per heavy atom. The predicted octanol–water partition coefficient (Wildman–Crippen LogP) is 4.62. The molecule has 2 aromatic rings. The zero-order valence-electron chi connectivity index (χ0n) is 15.8. The smallest absolute Gasteiger partial charge is 0.310 e. The highest BCUT2D eigenvalue weighted by molar-refractivity contribution is 5.78. The van der Waals surface area contributed by atoms with E-state index in [1.807, 2.05) is 45.0 Å². The van der Waals surface area contributed by atoms with Crippen molar-refractivity contribution in [1.29, 1.82) is 0 Å². The Labute approximate surface area is 154 Å². The molecule has 0 atom stereocenters. The summed E-state index contributed by atoms with van der Waals surface area (Å²) >= 11 is 0. The van der Waals surface area contributed by atoms with Gasteiger partial charge >= 0.3 is 5.97 Å². The summed E-state index contributed by atoms with van der Waals surface area (Å²) in [5.41, 5.74) is 2.76. The van der Waals surface area contributed by atoms with Crippen LogP contribution < -0.4 is 0 Å². The zero-order chi connectivity index (χ0) is 19.3. The first-order valence-corrected chi connectivity index (χ1v) is 8.72. The predicted molar refractivity (Wildman–Crippen MR) is 99.9 cm³/mol. The van der Waals surface area contributed by atoms with Crippen molar-refractivity contribution >= 4 is 12.3 Å². The largest absolute Gasteiger partial charge is 0.460 e. The van der Waals surface area contributed by atoms with Gasteiger partial charge in [0.1, 0.15) is 11.4 Å². The lowest BCUT2D eigenvalue weighted by Crippen LogP contribution is -2.24. The van der Waals surface area contributed by atoms with E-state index in [4.69, 9.17) is 4.74 Å². The highest BCUT2D eigenvalue weighted by Gasteiger charge is 2.16. The first-order chi connectivity index (χ1) is 12.2. The lowest BCUT2D eigenvalue weighted by Gasteiger charge is -2.19. The Hall–Kier alpha value is -2.49. The summed E-state index contributed by atoms with van der Waals surface area (Å²) in [7, 11) is 0. The monoisotopic (exact) mass is 356 g/mol. The second kappa shape index (κ2) is 8.26. The van der Waals surface area contributed by atoms with E-state index in [9.17, 15) is 14.0 Å². The van der Waals surface area contributed by atoms with Crippen LogP contribution in [0.3, 0.4) is 0 Å². The number of carbonyl (C=O) groups is 2. The van der Waals surface area contributed by atoms with Gasteiger partial charge in [-0.15, -0.1) is 0 Å². The fraction of sp³-hybridized carbons (Fsp3) is 0.364. The number of aryl methyl sites for hydroxylation is 3. The van der Waals surface area contributed by atoms with Gasteiger partial charge in [-0.1, -0.05) is 36.4 Å². The molecule has 0 heterocycles. The number of halogens is 1. The van der Waals surface area contributed by atoms with Crippen molar-refractivity contribution in [3.05, 3.63) is 70.0 Å². The maximum absolute atomic E-state index is 14.3. The number of esters is 1. The molecule has 0 spiro atoms. The molecule has 26 heavy (non-hydrogen) atoms. The van der Waals surface area contributed by atoms with Crippen molar-refractivity contribution in [2.24, 2.45) is 0 Å². The second-order valence-electron chi connectivity index (χ2n) is 7.47. The molecular weight excluding hydrogens is 331 g/mol. The summed E-state index contributed by atoms with van der Waals surface area (Å²) in [5, 5.41) is 0. The van der Waals surface area contributed by atoms with Gasteiger partial charge < -0.3 is 4.74 Å². The van der Waals surface area contributed by atoms with Crippen LogP contribution >= 0.6 is 0 Å². The molecule has 0 unspecified atom stereocenters. The van der Waals surface area contributed by atoms with Crippen LogP contribution in [0.4, 0.5) is 4.39 Å². The van der Waals surface area contributed by atoms with Crippen LogP contribution in [0, 0.1) is 12.7 Å². The average molecular weight is 356 g/mol. The van der Waals surface area contributed by atoms with E-state index in [2.05, 4.69) is 0 Å². The lowest BCUT2D eigenvalue weighted by molar-refractivity contribution is -0.153. The molecular formula is C22H25FO3. The van der Waals surface area contributed by atoms with E-state index in [1.54, 1.807) is 19.1 Å². The standard InChI is InChI=1S/C22H25FO3/c1-15-5-11-18(21(23)19(15)14-24)12-10-16-6-8-17(9-7-16)13-20(25)26-22(2,3)4/h5-9,11,14H,10,12-13H2,1-4H3. The molecule has 2 rings (SSSR count). The molecule has 4 heteroatoms. The van der Waals surface area contributed by atoms with Crippen LogP contribution in [0.2, 0.25) is 0 Å². The van der Waals surface area contributed by atoms with Gasteiger partial charge in [-0.2, -0.15) is 0 Å². The fourth-order valence-corrected chi connectivity index (χ4v) is 2.72. The Morgan fingerprint density at radius 3 is 2.23 bits per heavy atom. The maximum Gasteiger partial charge on any atom is 0.310 e. The molecule has 0 aliphatic rings. The Balaban J connectivity index is 1.98. The van der Waals surface area contributed by atoms with Crippen molar-refractivity contribution in [2.45, 2.75) is 52.6 Å². The molecule has 0 aromatic heterocycles. The Bertz CT molecular complexity index is 786. The highest BCUT2D eigenvalue weighted by atomic mass is 19.1. The van der Waals surface area contributed by atoms with Crippen LogP contribution in [0.15, 0.2) is 36.4 Å². The number of hydrogen-bond donors (Lipinski definition) is 0. The average Bonchev–Trinajstić information content (AvgIpc) is 2.54. The number of aldehydes is 1. The van der Waals surface area contributed by atoms with Crippen LogP contribution in [0.25, 0.3) is 0 Å². The Kier molecular flexibility index (Phi) is 6.30. The van der Waals surface area contributed by atoms with Gasteiger partial charge in [0.15, 0.2) is 6.29 Å². The van der Waals surface area contributed by atoms with E-state index in [0.717, 1.165) is 11.1 Å². The molecule has 0 aliphatic heterocycles. The van der Waals surface area contributed by atoms with Gasteiger partial charge in [0.25, 0.3) is 0 Å². The number of rotatable bonds is 6. The highest BCUT2D eigenvalue weighted by Crippen LogP contribution is 2.18. The van der Waals surface area contributed by atoms with Gasteiger partial charge in [-0.25, -0.2) is 4.39 Å². The second-order valence-corrected chi connectivity index (χ2v) is 7.47. The van der Waals surface area contributed by atoms with Gasteiger partial charge in [0.05, 0.1) is 12.0 Å². The number of hydrogen-bond acceptors (Lipinski definition) is 3. The van der Waals surface area contributed by atoms with E-state index in [0.29, 0.717) is 30.3 Å². The summed E-state index contributed by atoms with van der Waals surface area (Å²) in [4.78, 5) is 22.9. The van der Waals surface area contributed by atoms with Crippen LogP contribution in [0.5, 0.6) is 0 Å². The fourth-order valence-electron chi connectivity index (χ4n) is 2.72. The molecule has 2 aromatic carbocycles. The molecule has 3 nitrogen and oxygen atoms in total. The summed E-state index contributed by atoms with van der Waals surface area (Å²) in [5.74, 6) is -0.685. The molecule has 0 N–H and O–H groups in total. The third-order valence-electron chi connectivity index (χ3n) is 4.07. The molecule has 0 bridgehead atoms. The van der Waals surface area contributed by atoms with E-state index < -0.39 is 11.4 Å². The maximum atomic E-state index is 14.3. The van der Waals surface area contributed by atoms with E-state index >= 15 is 0 Å². The Morgan fingerprint density at radius 2 is 1.65 bits per heavy atom. The SMILES string of the molecule is Cc1ccc(CCc2ccc(CC(=O)OC(C)(C)C)cc2)c(F)c1C=O. The number of ether oxygens (including phenoxy) is 1. The van der Waals surface area contributed by atoms with Crippen LogP contribution in [-0.4, -0.2) is 17.9 Å². The molecule has 0 fully saturated rings. The van der Waals surface area contributed by atoms with Crippen LogP contribution in [-0.2, 0) is 28.8 Å². The van der Waals surface area contributed by atoms with E-state index in [-0.39, 0.29) is 18.0 Å². The van der Waals surface area contributed by atoms with Crippen molar-refractivity contribution in [1.82, 2.24) is 0 Å². The van der Waals surface area contributed by atoms with E-state index in [1.165, 1.54) is 0 Å². The third-order valence-corrected chi connectivity index (χ3v) is 4.07. The summed E-state index contributed by atoms with van der Waals surface area (Å²) in [6.07, 6.45) is 1.97. The first-order valence-electron chi connectivity index (χ1n) is 8.72. The van der Waals surface area contributed by atoms with Crippen molar-refractivity contribution in [3.63, 3.8) is 0 Å². The molecule has 0 aliphatic carbocycles. The molecule has 0 saturated heterocycles. The lowest BCUT2D eigenvalue weighted by atomic mass is 9.98. The molecule has 0 saturated carbocycles. The third kappa shape index (κ3) is 5.51.